The third-order valence-electron chi connectivity index (χ3n) is 4.86. The van der Waals surface area contributed by atoms with Crippen molar-refractivity contribution >= 4 is 16.8 Å². The highest BCUT2D eigenvalue weighted by Gasteiger charge is 2.26. The fourth-order valence-electron chi connectivity index (χ4n) is 3.49. The molecular formula is C19H21N3O2. The lowest BCUT2D eigenvalue weighted by Crippen LogP contribution is -2.27. The van der Waals surface area contributed by atoms with Crippen molar-refractivity contribution in [1.82, 2.24) is 15.5 Å². The quantitative estimate of drug-likeness (QED) is 0.774. The summed E-state index contributed by atoms with van der Waals surface area (Å²) in [6.07, 6.45) is 5.66. The molecule has 0 saturated heterocycles. The lowest BCUT2D eigenvalue weighted by molar-refractivity contribution is 0.0944. The van der Waals surface area contributed by atoms with Gasteiger partial charge in [-0.2, -0.15) is 0 Å². The molecule has 1 aromatic carbocycles. The van der Waals surface area contributed by atoms with E-state index in [4.69, 9.17) is 4.52 Å². The van der Waals surface area contributed by atoms with Gasteiger partial charge in [-0.15, -0.1) is 0 Å². The zero-order valence-electron chi connectivity index (χ0n) is 13.8. The third kappa shape index (κ3) is 2.70. The monoisotopic (exact) mass is 323 g/mol. The topological polar surface area (TPSA) is 70.9 Å². The SMILES string of the molecule is C[C@@H]1CCc2onc(C(=O)NCCc3c[nH]c4ccccc34)c2C1. The van der Waals surface area contributed by atoms with Crippen molar-refractivity contribution < 1.29 is 9.32 Å². The van der Waals surface area contributed by atoms with Crippen LogP contribution in [0.2, 0.25) is 0 Å². The molecule has 2 aromatic heterocycles. The van der Waals surface area contributed by atoms with Crippen LogP contribution in [0.3, 0.4) is 0 Å². The number of benzene rings is 1. The minimum Gasteiger partial charge on any atom is -0.361 e. The number of aryl methyl sites for hydroxylation is 1. The van der Waals surface area contributed by atoms with E-state index in [1.165, 1.54) is 10.9 Å². The number of amides is 1. The second kappa shape index (κ2) is 6.15. The number of H-pyrrole nitrogens is 1. The van der Waals surface area contributed by atoms with E-state index in [9.17, 15) is 4.79 Å². The number of nitrogens with zero attached hydrogens (tertiary/aromatic N) is 1. The Hall–Kier alpha value is -2.56. The number of fused-ring (bicyclic) bond motifs is 2. The van der Waals surface area contributed by atoms with Crippen LogP contribution >= 0.6 is 0 Å². The number of para-hydroxylation sites is 1. The molecule has 0 radical (unpaired) electrons. The molecule has 0 saturated carbocycles. The number of hydrogen-bond donors (Lipinski definition) is 2. The highest BCUT2D eigenvalue weighted by Crippen LogP contribution is 2.27. The Morgan fingerprint density at radius 3 is 3.21 bits per heavy atom. The number of rotatable bonds is 4. The Morgan fingerprint density at radius 1 is 1.42 bits per heavy atom. The second-order valence-corrected chi connectivity index (χ2v) is 6.65. The van der Waals surface area contributed by atoms with Crippen LogP contribution in [0.15, 0.2) is 35.0 Å². The van der Waals surface area contributed by atoms with Gasteiger partial charge < -0.3 is 14.8 Å². The molecule has 24 heavy (non-hydrogen) atoms. The molecule has 2 N–H and O–H groups in total. The molecule has 0 unspecified atom stereocenters. The molecule has 4 rings (SSSR count). The summed E-state index contributed by atoms with van der Waals surface area (Å²) in [5.74, 6) is 1.33. The van der Waals surface area contributed by atoms with Crippen LogP contribution < -0.4 is 5.32 Å². The molecule has 3 aromatic rings. The van der Waals surface area contributed by atoms with Crippen molar-refractivity contribution in [3.63, 3.8) is 0 Å². The summed E-state index contributed by atoms with van der Waals surface area (Å²) >= 11 is 0. The molecule has 1 atom stereocenters. The van der Waals surface area contributed by atoms with Crippen molar-refractivity contribution in [3.05, 3.63) is 53.0 Å². The van der Waals surface area contributed by atoms with Gasteiger partial charge in [-0.3, -0.25) is 4.79 Å². The summed E-state index contributed by atoms with van der Waals surface area (Å²) < 4.78 is 5.35. The maximum Gasteiger partial charge on any atom is 0.273 e. The van der Waals surface area contributed by atoms with Gasteiger partial charge in [0.2, 0.25) is 0 Å². The van der Waals surface area contributed by atoms with Crippen molar-refractivity contribution in [3.8, 4) is 0 Å². The van der Waals surface area contributed by atoms with E-state index >= 15 is 0 Å². The van der Waals surface area contributed by atoms with Gasteiger partial charge in [0.25, 0.3) is 5.91 Å². The molecule has 5 nitrogen and oxygen atoms in total. The number of aromatic amines is 1. The number of hydrogen-bond acceptors (Lipinski definition) is 3. The van der Waals surface area contributed by atoms with Gasteiger partial charge in [0.15, 0.2) is 5.69 Å². The van der Waals surface area contributed by atoms with Gasteiger partial charge in [0.1, 0.15) is 5.76 Å². The van der Waals surface area contributed by atoms with Gasteiger partial charge in [-0.25, -0.2) is 0 Å². The Kier molecular flexibility index (Phi) is 3.84. The Labute approximate surface area is 140 Å². The molecule has 5 heteroatoms. The van der Waals surface area contributed by atoms with E-state index in [2.05, 4.69) is 34.5 Å². The Balaban J connectivity index is 1.41. The van der Waals surface area contributed by atoms with Gasteiger partial charge >= 0.3 is 0 Å². The fourth-order valence-corrected chi connectivity index (χ4v) is 3.49. The van der Waals surface area contributed by atoms with Crippen molar-refractivity contribution in [2.75, 3.05) is 6.54 Å². The molecule has 124 valence electrons. The van der Waals surface area contributed by atoms with Gasteiger partial charge in [0.05, 0.1) is 0 Å². The maximum absolute atomic E-state index is 12.4. The maximum atomic E-state index is 12.4. The molecule has 1 aliphatic rings. The van der Waals surface area contributed by atoms with E-state index in [0.717, 1.165) is 42.5 Å². The van der Waals surface area contributed by atoms with Crippen LogP contribution in [0, 0.1) is 5.92 Å². The normalized spacial score (nSPS) is 17.0. The molecule has 0 aliphatic heterocycles. The van der Waals surface area contributed by atoms with Crippen LogP contribution in [-0.4, -0.2) is 22.6 Å². The van der Waals surface area contributed by atoms with Crippen molar-refractivity contribution in [1.29, 1.82) is 0 Å². The van der Waals surface area contributed by atoms with Crippen LogP contribution in [0.1, 0.15) is 40.7 Å². The highest BCUT2D eigenvalue weighted by molar-refractivity contribution is 5.94. The lowest BCUT2D eigenvalue weighted by Gasteiger charge is -2.16. The highest BCUT2D eigenvalue weighted by atomic mass is 16.5. The molecule has 2 heterocycles. The molecule has 0 fully saturated rings. The van der Waals surface area contributed by atoms with Crippen LogP contribution in [0.5, 0.6) is 0 Å². The first-order chi connectivity index (χ1) is 11.7. The number of carbonyl (C=O) groups excluding carboxylic acids is 1. The average Bonchev–Trinajstić information content (AvgIpc) is 3.19. The van der Waals surface area contributed by atoms with Crippen molar-refractivity contribution in [2.45, 2.75) is 32.6 Å². The summed E-state index contributed by atoms with van der Waals surface area (Å²) in [7, 11) is 0. The van der Waals surface area contributed by atoms with Crippen LogP contribution in [-0.2, 0) is 19.3 Å². The minimum atomic E-state index is -0.131. The van der Waals surface area contributed by atoms with E-state index < -0.39 is 0 Å². The second-order valence-electron chi connectivity index (χ2n) is 6.65. The summed E-state index contributed by atoms with van der Waals surface area (Å²) in [5.41, 5.74) is 3.80. The fraction of sp³-hybridized carbons (Fsp3) is 0.368. The smallest absolute Gasteiger partial charge is 0.273 e. The lowest BCUT2D eigenvalue weighted by atomic mass is 9.88. The number of nitrogens with one attached hydrogen (secondary N) is 2. The van der Waals surface area contributed by atoms with Crippen LogP contribution in [0.4, 0.5) is 0 Å². The number of aromatic nitrogens is 2. The van der Waals surface area contributed by atoms with E-state index in [1.54, 1.807) is 0 Å². The van der Waals surface area contributed by atoms with Gasteiger partial charge in [-0.1, -0.05) is 30.3 Å². The third-order valence-corrected chi connectivity index (χ3v) is 4.86. The molecule has 0 bridgehead atoms. The zero-order valence-corrected chi connectivity index (χ0v) is 13.8. The predicted octanol–water partition coefficient (Wildman–Crippen LogP) is 3.25. The average molecular weight is 323 g/mol. The standard InChI is InChI=1S/C19H21N3O2/c1-12-6-7-17-15(10-12)18(22-24-17)19(23)20-9-8-13-11-21-16-5-3-2-4-14(13)16/h2-5,11-12,21H,6-10H2,1H3,(H,20,23)/t12-/m1/s1. The first-order valence-corrected chi connectivity index (χ1v) is 8.53. The number of carbonyl (C=O) groups is 1. The van der Waals surface area contributed by atoms with Gasteiger partial charge in [0, 0.05) is 35.6 Å². The van der Waals surface area contributed by atoms with E-state index in [0.29, 0.717) is 18.2 Å². The minimum absolute atomic E-state index is 0.131. The molecule has 1 amide bonds. The summed E-state index contributed by atoms with van der Waals surface area (Å²) in [6.45, 7) is 2.78. The zero-order chi connectivity index (χ0) is 16.5. The van der Waals surface area contributed by atoms with Crippen molar-refractivity contribution in [2.24, 2.45) is 5.92 Å². The Bertz CT molecular complexity index is 878. The molecular weight excluding hydrogens is 302 g/mol. The first-order valence-electron chi connectivity index (χ1n) is 8.53. The summed E-state index contributed by atoms with van der Waals surface area (Å²) in [6, 6.07) is 8.19. The van der Waals surface area contributed by atoms with E-state index in [1.807, 2.05) is 18.3 Å². The summed E-state index contributed by atoms with van der Waals surface area (Å²) in [4.78, 5) is 15.7. The van der Waals surface area contributed by atoms with Crippen LogP contribution in [0.25, 0.3) is 10.9 Å². The largest absolute Gasteiger partial charge is 0.361 e. The van der Waals surface area contributed by atoms with Gasteiger partial charge in [-0.05, 0) is 36.8 Å². The predicted molar refractivity (Wildman–Crippen MR) is 92.0 cm³/mol. The van der Waals surface area contributed by atoms with E-state index in [-0.39, 0.29) is 5.91 Å². The first kappa shape index (κ1) is 15.0. The Morgan fingerprint density at radius 2 is 2.29 bits per heavy atom. The molecule has 1 aliphatic carbocycles. The molecule has 0 spiro atoms. The summed E-state index contributed by atoms with van der Waals surface area (Å²) in [5, 5.41) is 8.19.